The molecule has 10 nitrogen and oxygen atoms in total. The van der Waals surface area contributed by atoms with Crippen LogP contribution in [0.4, 0.5) is 10.3 Å². The summed E-state index contributed by atoms with van der Waals surface area (Å²) in [6, 6.07) is 6.03. The molecule has 4 rings (SSSR count). The molecule has 0 atom stereocenters. The number of hydrazone groups is 1. The summed E-state index contributed by atoms with van der Waals surface area (Å²) < 4.78 is 28.6. The molecule has 176 valence electrons. The number of imidazole rings is 1. The summed E-state index contributed by atoms with van der Waals surface area (Å²) in [6.45, 7) is 6.24. The first-order chi connectivity index (χ1) is 16.0. The molecule has 0 unspecified atom stereocenters. The number of aryl methyl sites for hydroxylation is 1. The summed E-state index contributed by atoms with van der Waals surface area (Å²) in [5.41, 5.74) is 1.07. The molecule has 1 aromatic carbocycles. The lowest BCUT2D eigenvalue weighted by atomic mass is 10.1. The van der Waals surface area contributed by atoms with Crippen LogP contribution in [-0.2, 0) is 29.6 Å². The second kappa shape index (κ2) is 9.67. The van der Waals surface area contributed by atoms with Gasteiger partial charge in [0.2, 0.25) is 5.95 Å². The minimum atomic E-state index is -0.455. The zero-order valence-electron chi connectivity index (χ0n) is 19.0. The van der Waals surface area contributed by atoms with E-state index in [-0.39, 0.29) is 31.2 Å². The summed E-state index contributed by atoms with van der Waals surface area (Å²) in [6.07, 6.45) is 0. The van der Waals surface area contributed by atoms with Crippen LogP contribution >= 0.6 is 0 Å². The molecule has 0 saturated heterocycles. The van der Waals surface area contributed by atoms with Crippen LogP contribution in [0.3, 0.4) is 0 Å². The Morgan fingerprint density at radius 1 is 1.03 bits per heavy atom. The fourth-order valence-corrected chi connectivity index (χ4v) is 3.81. The van der Waals surface area contributed by atoms with Crippen molar-refractivity contribution in [3.8, 4) is 0 Å². The number of anilines is 1. The molecule has 0 saturated carbocycles. The third kappa shape index (κ3) is 4.33. The van der Waals surface area contributed by atoms with Gasteiger partial charge in [0.15, 0.2) is 11.2 Å². The quantitative estimate of drug-likeness (QED) is 0.449. The molecule has 0 amide bonds. The number of aromatic nitrogens is 4. The first-order valence-electron chi connectivity index (χ1n) is 10.9. The Bertz CT molecular complexity index is 1290. The molecule has 33 heavy (non-hydrogen) atoms. The van der Waals surface area contributed by atoms with Crippen molar-refractivity contribution in [1.82, 2.24) is 18.7 Å². The molecule has 1 aliphatic heterocycles. The van der Waals surface area contributed by atoms with Crippen LogP contribution in [0.2, 0.25) is 0 Å². The molecule has 3 heterocycles. The minimum absolute atomic E-state index is 0.142. The maximum Gasteiger partial charge on any atom is 0.332 e. The highest BCUT2D eigenvalue weighted by Crippen LogP contribution is 2.25. The van der Waals surface area contributed by atoms with Crippen molar-refractivity contribution in [2.24, 2.45) is 12.1 Å². The first kappa shape index (κ1) is 22.9. The van der Waals surface area contributed by atoms with Gasteiger partial charge in [-0.25, -0.2) is 14.2 Å². The number of hydrogen-bond donors (Lipinski definition) is 0. The number of hydrogen-bond acceptors (Lipinski definition) is 7. The third-order valence-corrected chi connectivity index (χ3v) is 5.48. The maximum atomic E-state index is 13.5. The maximum absolute atomic E-state index is 13.5. The number of nitrogens with zero attached hydrogens (tertiary/aromatic N) is 6. The Morgan fingerprint density at radius 3 is 2.36 bits per heavy atom. The fourth-order valence-electron chi connectivity index (χ4n) is 3.81. The van der Waals surface area contributed by atoms with Gasteiger partial charge in [-0.05, 0) is 31.5 Å². The molecule has 3 aromatic rings. The molecule has 0 spiro atoms. The predicted molar refractivity (Wildman–Crippen MR) is 123 cm³/mol. The second-order valence-corrected chi connectivity index (χ2v) is 7.54. The van der Waals surface area contributed by atoms with Gasteiger partial charge in [-0.15, -0.1) is 0 Å². The van der Waals surface area contributed by atoms with Gasteiger partial charge in [-0.1, -0.05) is 12.1 Å². The number of fused-ring (bicyclic) bond motifs is 3. The number of benzene rings is 1. The van der Waals surface area contributed by atoms with Gasteiger partial charge < -0.3 is 9.47 Å². The highest BCUT2D eigenvalue weighted by molar-refractivity contribution is 6.02. The zero-order chi connectivity index (χ0) is 23.5. The summed E-state index contributed by atoms with van der Waals surface area (Å²) in [5, 5.41) is 6.36. The summed E-state index contributed by atoms with van der Waals surface area (Å²) in [4.78, 5) is 30.8. The van der Waals surface area contributed by atoms with E-state index < -0.39 is 11.2 Å². The van der Waals surface area contributed by atoms with Crippen LogP contribution in [0.5, 0.6) is 0 Å². The molecule has 11 heteroatoms. The van der Waals surface area contributed by atoms with Gasteiger partial charge in [-0.3, -0.25) is 18.5 Å². The first-order valence-corrected chi connectivity index (χ1v) is 10.9. The van der Waals surface area contributed by atoms with E-state index in [9.17, 15) is 14.0 Å². The van der Waals surface area contributed by atoms with E-state index in [2.05, 4.69) is 4.98 Å². The van der Waals surface area contributed by atoms with Crippen LogP contribution in [0, 0.1) is 5.82 Å². The summed E-state index contributed by atoms with van der Waals surface area (Å²) in [7, 11) is 1.59. The van der Waals surface area contributed by atoms with Crippen LogP contribution in [0.25, 0.3) is 11.2 Å². The van der Waals surface area contributed by atoms with Gasteiger partial charge in [-0.2, -0.15) is 10.1 Å². The number of rotatable bonds is 9. The summed E-state index contributed by atoms with van der Waals surface area (Å²) in [5.74, 6) is 0.106. The number of halogens is 1. The Labute approximate surface area is 189 Å². The topological polar surface area (TPSA) is 95.9 Å². The Morgan fingerprint density at radius 2 is 1.70 bits per heavy atom. The molecule has 2 aromatic heterocycles. The molecule has 0 fully saturated rings. The van der Waals surface area contributed by atoms with Crippen molar-refractivity contribution >= 4 is 22.8 Å². The van der Waals surface area contributed by atoms with Crippen LogP contribution in [-0.4, -0.2) is 57.4 Å². The highest BCUT2D eigenvalue weighted by Gasteiger charge is 2.28. The van der Waals surface area contributed by atoms with Gasteiger partial charge in [0.05, 0.1) is 38.6 Å². The molecule has 0 aliphatic carbocycles. The lowest BCUT2D eigenvalue weighted by Gasteiger charge is -2.26. The van der Waals surface area contributed by atoms with Crippen molar-refractivity contribution in [3.05, 3.63) is 56.5 Å². The van der Waals surface area contributed by atoms with Crippen molar-refractivity contribution in [2.75, 3.05) is 38.0 Å². The van der Waals surface area contributed by atoms with E-state index in [0.29, 0.717) is 43.5 Å². The lowest BCUT2D eigenvalue weighted by molar-refractivity contribution is 0.137. The Kier molecular flexibility index (Phi) is 6.70. The second-order valence-electron chi connectivity index (χ2n) is 7.54. The molecule has 0 bridgehead atoms. The zero-order valence-corrected chi connectivity index (χ0v) is 19.0. The van der Waals surface area contributed by atoms with Crippen molar-refractivity contribution in [3.63, 3.8) is 0 Å². The fraction of sp³-hybridized carbons (Fsp3) is 0.455. The van der Waals surface area contributed by atoms with E-state index in [0.717, 1.165) is 5.56 Å². The molecule has 1 aliphatic rings. The number of ether oxygens (including phenoxy) is 2. The normalized spacial score (nSPS) is 13.5. The van der Waals surface area contributed by atoms with Crippen LogP contribution < -0.4 is 16.3 Å². The molecular weight excluding hydrogens is 431 g/mol. The molecular formula is C22H27FN6O4. The Balaban J connectivity index is 1.85. The van der Waals surface area contributed by atoms with Crippen molar-refractivity contribution < 1.29 is 13.9 Å². The van der Waals surface area contributed by atoms with Crippen LogP contribution in [0.1, 0.15) is 19.4 Å². The van der Waals surface area contributed by atoms with Gasteiger partial charge in [0.1, 0.15) is 5.82 Å². The van der Waals surface area contributed by atoms with Gasteiger partial charge in [0, 0.05) is 20.3 Å². The average Bonchev–Trinajstić information content (AvgIpc) is 3.20. The van der Waals surface area contributed by atoms with Crippen molar-refractivity contribution in [2.45, 2.75) is 26.9 Å². The lowest BCUT2D eigenvalue weighted by Crippen LogP contribution is -2.41. The van der Waals surface area contributed by atoms with Crippen LogP contribution in [0.15, 0.2) is 39.0 Å². The van der Waals surface area contributed by atoms with E-state index in [1.54, 1.807) is 28.8 Å². The largest absolute Gasteiger partial charge is 0.380 e. The minimum Gasteiger partial charge on any atom is -0.380 e. The van der Waals surface area contributed by atoms with E-state index in [4.69, 9.17) is 14.6 Å². The average molecular weight is 458 g/mol. The smallest absolute Gasteiger partial charge is 0.332 e. The van der Waals surface area contributed by atoms with E-state index >= 15 is 0 Å². The van der Waals surface area contributed by atoms with Gasteiger partial charge >= 0.3 is 5.69 Å². The predicted octanol–water partition coefficient (Wildman–Crippen LogP) is 1.33. The molecule has 0 N–H and O–H groups in total. The highest BCUT2D eigenvalue weighted by atomic mass is 19.1. The Hall–Kier alpha value is -3.31. The van der Waals surface area contributed by atoms with E-state index in [1.165, 1.54) is 21.3 Å². The monoisotopic (exact) mass is 458 g/mol. The van der Waals surface area contributed by atoms with E-state index in [1.807, 2.05) is 13.8 Å². The van der Waals surface area contributed by atoms with Gasteiger partial charge in [0.25, 0.3) is 5.56 Å². The molecule has 0 radical (unpaired) electrons. The summed E-state index contributed by atoms with van der Waals surface area (Å²) >= 11 is 0. The van der Waals surface area contributed by atoms with Crippen molar-refractivity contribution in [1.29, 1.82) is 0 Å². The standard InChI is InChI=1S/C22H27FN6O4/c1-4-32-12-10-27-20(30)18-19(26(3)22(27)31)24-21-28(18)14-17(15-6-8-16(23)9-7-15)25-29(21)11-13-33-5-2/h6-9H,4-5,10-14H2,1-3H3. The third-order valence-electron chi connectivity index (χ3n) is 5.48. The SMILES string of the molecule is CCOCCN1N=C(c2ccc(F)cc2)Cn2c1nc1c2c(=O)n(CCOCC)c(=O)n1C.